The van der Waals surface area contributed by atoms with Crippen LogP contribution in [-0.2, 0) is 20.6 Å². The summed E-state index contributed by atoms with van der Waals surface area (Å²) in [5.41, 5.74) is 6.92. The van der Waals surface area contributed by atoms with E-state index in [0.717, 1.165) is 71.1 Å². The summed E-state index contributed by atoms with van der Waals surface area (Å²) in [6.45, 7) is 11.0. The number of epoxide rings is 2. The summed E-state index contributed by atoms with van der Waals surface area (Å²) < 4.78 is 40.9. The molecule has 2 fully saturated rings. The minimum atomic E-state index is -0.767. The molecule has 0 radical (unpaired) electrons. The van der Waals surface area contributed by atoms with Crippen molar-refractivity contribution in [1.82, 2.24) is 0 Å². The van der Waals surface area contributed by atoms with E-state index in [1.165, 1.54) is 11.1 Å². The fourth-order valence-corrected chi connectivity index (χ4v) is 8.34. The van der Waals surface area contributed by atoms with Gasteiger partial charge in [0.25, 0.3) is 0 Å². The Kier molecular flexibility index (Phi) is 14.5. The largest absolute Gasteiger partial charge is 0.508 e. The van der Waals surface area contributed by atoms with Crippen molar-refractivity contribution in [3.8, 4) is 28.7 Å². The van der Waals surface area contributed by atoms with Crippen molar-refractivity contribution in [3.63, 3.8) is 0 Å². The van der Waals surface area contributed by atoms with Crippen LogP contribution in [0.1, 0.15) is 91.3 Å². The number of phenols is 1. The molecule has 9 nitrogen and oxygen atoms in total. The number of methoxy groups -OCH3 is 1. The summed E-state index contributed by atoms with van der Waals surface area (Å²) >= 11 is 0. The lowest BCUT2D eigenvalue weighted by molar-refractivity contribution is 0.0175. The van der Waals surface area contributed by atoms with Crippen LogP contribution in [0.15, 0.2) is 146 Å². The van der Waals surface area contributed by atoms with Gasteiger partial charge in [0, 0.05) is 44.8 Å². The Bertz CT molecular complexity index is 2380. The summed E-state index contributed by atoms with van der Waals surface area (Å²) in [6.07, 6.45) is 1.84. The summed E-state index contributed by atoms with van der Waals surface area (Å²) in [5.74, 6) is 3.13. The van der Waals surface area contributed by atoms with Crippen molar-refractivity contribution in [2.45, 2.75) is 88.3 Å². The first-order valence-corrected chi connectivity index (χ1v) is 22.7. The molecule has 8 rings (SSSR count). The van der Waals surface area contributed by atoms with E-state index in [2.05, 4.69) is 74.5 Å². The van der Waals surface area contributed by atoms with Crippen LogP contribution in [0, 0.1) is 0 Å². The number of hydrogen-bond acceptors (Lipinski definition) is 9. The fourth-order valence-electron chi connectivity index (χ4n) is 8.34. The lowest BCUT2D eigenvalue weighted by atomic mass is 9.84. The highest BCUT2D eigenvalue weighted by atomic mass is 16.6. The molecule has 0 saturated carbocycles. The predicted molar refractivity (Wildman–Crippen MR) is 253 cm³/mol. The highest BCUT2D eigenvalue weighted by molar-refractivity contribution is 5.48. The van der Waals surface area contributed by atoms with Crippen LogP contribution < -0.4 is 18.9 Å². The normalized spacial score (nSPS) is 17.1. The van der Waals surface area contributed by atoms with Gasteiger partial charge in [0.1, 0.15) is 59.3 Å². The number of rotatable bonds is 23. The van der Waals surface area contributed by atoms with Gasteiger partial charge in [0.05, 0.1) is 25.4 Å². The molecule has 0 aromatic heterocycles. The maximum absolute atomic E-state index is 11.2. The minimum absolute atomic E-state index is 0.00627. The van der Waals surface area contributed by atoms with Crippen molar-refractivity contribution < 1.29 is 43.4 Å². The molecule has 2 saturated heterocycles. The third kappa shape index (κ3) is 13.1. The molecule has 0 bridgehead atoms. The average Bonchev–Trinajstić information content (AvgIpc) is 4.25. The topological polar surface area (TPSA) is 112 Å². The van der Waals surface area contributed by atoms with Crippen LogP contribution >= 0.6 is 0 Å². The van der Waals surface area contributed by atoms with E-state index in [9.17, 15) is 10.2 Å². The Morgan fingerprint density at radius 3 is 1.38 bits per heavy atom. The summed E-state index contributed by atoms with van der Waals surface area (Å²) in [5, 5.41) is 21.2. The second-order valence-corrected chi connectivity index (χ2v) is 18.5. The number of ether oxygens (including phenoxy) is 7. The van der Waals surface area contributed by atoms with Crippen molar-refractivity contribution >= 4 is 0 Å². The maximum atomic E-state index is 11.2. The van der Waals surface area contributed by atoms with Crippen LogP contribution in [0.5, 0.6) is 28.7 Å². The highest BCUT2D eigenvalue weighted by Gasteiger charge is 2.27. The molecular formula is C56H62O9. The zero-order valence-electron chi connectivity index (χ0n) is 38.2. The second-order valence-electron chi connectivity index (χ2n) is 18.5. The highest BCUT2D eigenvalue weighted by Crippen LogP contribution is 2.37. The maximum Gasteiger partial charge on any atom is 0.120 e. The van der Waals surface area contributed by atoms with Crippen molar-refractivity contribution in [1.29, 1.82) is 0 Å². The van der Waals surface area contributed by atoms with Gasteiger partial charge in [-0.25, -0.2) is 0 Å². The molecule has 0 aliphatic carbocycles. The number of aliphatic hydroxyl groups is 1. The van der Waals surface area contributed by atoms with E-state index in [1.54, 1.807) is 19.2 Å². The second kappa shape index (κ2) is 20.6. The van der Waals surface area contributed by atoms with Gasteiger partial charge in [0.2, 0.25) is 0 Å². The SMILES string of the molecule is COCCC(C)(C)Oc1ccc(C(c2ccc(O)cc2)c2ccc(OCC(O)CC(C)(C)Oc3ccc(C(c4ccc(CC5CO5)cc4)c4ccc(OCC5CO5)cc4)cc3)cc2)cc1. The molecule has 6 aromatic rings. The third-order valence-corrected chi connectivity index (χ3v) is 12.0. The summed E-state index contributed by atoms with van der Waals surface area (Å²) in [7, 11) is 1.70. The van der Waals surface area contributed by atoms with Gasteiger partial charge in [-0.05, 0) is 127 Å². The Morgan fingerprint density at radius 2 is 0.938 bits per heavy atom. The van der Waals surface area contributed by atoms with Crippen LogP contribution in [0.2, 0.25) is 0 Å². The molecule has 65 heavy (non-hydrogen) atoms. The molecule has 5 unspecified atom stereocenters. The van der Waals surface area contributed by atoms with Crippen molar-refractivity contribution in [2.24, 2.45) is 0 Å². The quantitative estimate of drug-likeness (QED) is 0.0480. The molecule has 340 valence electrons. The van der Waals surface area contributed by atoms with E-state index in [1.807, 2.05) is 86.6 Å². The molecular weight excluding hydrogens is 817 g/mol. The van der Waals surface area contributed by atoms with E-state index >= 15 is 0 Å². The van der Waals surface area contributed by atoms with E-state index in [4.69, 9.17) is 33.2 Å². The van der Waals surface area contributed by atoms with Crippen LogP contribution in [0.4, 0.5) is 0 Å². The van der Waals surface area contributed by atoms with Crippen molar-refractivity contribution in [3.05, 3.63) is 185 Å². The smallest absolute Gasteiger partial charge is 0.120 e. The van der Waals surface area contributed by atoms with Gasteiger partial charge in [-0.15, -0.1) is 0 Å². The molecule has 2 aliphatic heterocycles. The zero-order valence-corrected chi connectivity index (χ0v) is 38.2. The molecule has 2 heterocycles. The first kappa shape index (κ1) is 45.7. The average molecular weight is 879 g/mol. The van der Waals surface area contributed by atoms with Gasteiger partial charge in [0.15, 0.2) is 0 Å². The monoisotopic (exact) mass is 878 g/mol. The Hall–Kier alpha value is -5.84. The number of aliphatic hydroxyl groups excluding tert-OH is 1. The number of phenolic OH excluding ortho intramolecular Hbond substituents is 1. The zero-order chi connectivity index (χ0) is 45.4. The van der Waals surface area contributed by atoms with Crippen LogP contribution in [0.3, 0.4) is 0 Å². The summed E-state index contributed by atoms with van der Waals surface area (Å²) in [4.78, 5) is 0. The van der Waals surface area contributed by atoms with Crippen LogP contribution in [0.25, 0.3) is 0 Å². The number of benzene rings is 6. The Morgan fingerprint density at radius 1 is 0.538 bits per heavy atom. The predicted octanol–water partition coefficient (Wildman–Crippen LogP) is 10.7. The Labute approximate surface area is 383 Å². The summed E-state index contributed by atoms with van der Waals surface area (Å²) in [6, 6.07) is 49.0. The number of aromatic hydroxyl groups is 1. The molecule has 0 spiro atoms. The lowest BCUT2D eigenvalue weighted by Gasteiger charge is -2.29. The van der Waals surface area contributed by atoms with Gasteiger partial charge < -0.3 is 43.4 Å². The van der Waals surface area contributed by atoms with E-state index < -0.39 is 11.7 Å². The molecule has 9 heteroatoms. The molecule has 6 aromatic carbocycles. The van der Waals surface area contributed by atoms with E-state index in [0.29, 0.717) is 31.5 Å². The molecule has 2 N–H and O–H groups in total. The fraction of sp³-hybridized carbons (Fsp3) is 0.357. The molecule has 2 aliphatic rings. The lowest BCUT2D eigenvalue weighted by Crippen LogP contribution is -2.35. The standard InChI is InChI=1S/C56H62O9/c1-55(2,30-31-59-5)64-49-26-16-44(17-27-49)54(40-10-20-45(57)21-11-40)42-12-22-47(23-13-42)60-34-46(58)33-56(3,4)65-50-28-18-43(19-29-50)53(39-8-6-38(7-9-39)32-51-35-62-51)41-14-24-48(25-15-41)61-36-52-37-63-52/h6-29,46,51-54,57-58H,30-37H2,1-5H3. The van der Waals surface area contributed by atoms with Crippen molar-refractivity contribution in [2.75, 3.05) is 40.1 Å². The van der Waals surface area contributed by atoms with Gasteiger partial charge in [-0.3, -0.25) is 0 Å². The van der Waals surface area contributed by atoms with E-state index in [-0.39, 0.29) is 35.9 Å². The molecule has 0 amide bonds. The first-order valence-electron chi connectivity index (χ1n) is 22.7. The van der Waals surface area contributed by atoms with Gasteiger partial charge >= 0.3 is 0 Å². The number of hydrogen-bond donors (Lipinski definition) is 2. The first-order chi connectivity index (χ1) is 31.4. The van der Waals surface area contributed by atoms with Gasteiger partial charge in [-0.2, -0.15) is 0 Å². The van der Waals surface area contributed by atoms with Gasteiger partial charge in [-0.1, -0.05) is 84.9 Å². The Balaban J connectivity index is 0.887. The molecule has 5 atom stereocenters. The third-order valence-electron chi connectivity index (χ3n) is 12.0. The van der Waals surface area contributed by atoms with Crippen LogP contribution in [-0.4, -0.2) is 79.9 Å². The minimum Gasteiger partial charge on any atom is -0.508 e.